The van der Waals surface area contributed by atoms with E-state index in [-0.39, 0.29) is 12.3 Å². The number of H-pyrrole nitrogens is 1. The zero-order valence-corrected chi connectivity index (χ0v) is 14.7. The van der Waals surface area contributed by atoms with Gasteiger partial charge in [0, 0.05) is 46.4 Å². The number of nitrogens with one attached hydrogen (secondary N) is 2. The fraction of sp³-hybridized carbons (Fsp3) is 0.235. The van der Waals surface area contributed by atoms with Crippen molar-refractivity contribution in [1.29, 1.82) is 0 Å². The van der Waals surface area contributed by atoms with Gasteiger partial charge in [0.15, 0.2) is 0 Å². The molecule has 2 N–H and O–H groups in total. The molecule has 0 aliphatic carbocycles. The molecule has 0 saturated heterocycles. The van der Waals surface area contributed by atoms with Crippen LogP contribution in [0.15, 0.2) is 35.8 Å². The molecule has 0 saturated carbocycles. The zero-order valence-electron chi connectivity index (χ0n) is 13.2. The van der Waals surface area contributed by atoms with E-state index < -0.39 is 0 Å². The third kappa shape index (κ3) is 4.01. The number of hydrogen-bond donors (Lipinski definition) is 2. The second-order valence-electron chi connectivity index (χ2n) is 5.39. The number of thiazole rings is 1. The number of hydrogen-bond acceptors (Lipinski definition) is 4. The van der Waals surface area contributed by atoms with Gasteiger partial charge >= 0.3 is 0 Å². The van der Waals surface area contributed by atoms with E-state index in [0.29, 0.717) is 11.6 Å². The van der Waals surface area contributed by atoms with Crippen LogP contribution in [0.2, 0.25) is 5.02 Å². The summed E-state index contributed by atoms with van der Waals surface area (Å²) in [6.07, 6.45) is 2.81. The molecule has 1 aromatic carbocycles. The molecule has 0 aliphatic heterocycles. The van der Waals surface area contributed by atoms with Gasteiger partial charge in [-0.1, -0.05) is 23.7 Å². The fourth-order valence-electron chi connectivity index (χ4n) is 2.42. The highest BCUT2D eigenvalue weighted by molar-refractivity contribution is 7.09. The van der Waals surface area contributed by atoms with E-state index in [1.807, 2.05) is 36.6 Å². The third-order valence-electron chi connectivity index (χ3n) is 3.67. The fourth-order valence-corrected chi connectivity index (χ4v) is 3.17. The van der Waals surface area contributed by atoms with Gasteiger partial charge in [0.1, 0.15) is 0 Å². The smallest absolute Gasteiger partial charge is 0.224 e. The first-order valence-electron chi connectivity index (χ1n) is 7.58. The highest BCUT2D eigenvalue weighted by atomic mass is 35.5. The number of amides is 1. The molecule has 2 heterocycles. The van der Waals surface area contributed by atoms with E-state index in [1.54, 1.807) is 17.5 Å². The normalized spacial score (nSPS) is 10.8. The van der Waals surface area contributed by atoms with Crippen molar-refractivity contribution in [1.82, 2.24) is 20.5 Å². The average Bonchev–Trinajstić information content (AvgIpc) is 3.20. The molecule has 3 rings (SSSR count). The van der Waals surface area contributed by atoms with Crippen LogP contribution >= 0.6 is 22.9 Å². The van der Waals surface area contributed by atoms with Crippen LogP contribution in [0.5, 0.6) is 0 Å². The van der Waals surface area contributed by atoms with Crippen LogP contribution in [-0.4, -0.2) is 27.6 Å². The summed E-state index contributed by atoms with van der Waals surface area (Å²) < 4.78 is 0. The van der Waals surface area contributed by atoms with Crippen LogP contribution < -0.4 is 5.32 Å². The summed E-state index contributed by atoms with van der Waals surface area (Å²) in [5, 5.41) is 13.9. The standard InChI is InChI=1S/C17H17ClN4OS/c1-11-14(10-15(23)19-7-6-16-20-8-9-24-16)17(22-21-11)12-2-4-13(18)5-3-12/h2-5,8-9H,6-7,10H2,1H3,(H,19,23)(H,21,22). The van der Waals surface area contributed by atoms with Crippen LogP contribution in [-0.2, 0) is 17.6 Å². The minimum absolute atomic E-state index is 0.0220. The number of aromatic amines is 1. The zero-order chi connectivity index (χ0) is 16.9. The van der Waals surface area contributed by atoms with Crippen molar-refractivity contribution >= 4 is 28.8 Å². The summed E-state index contributed by atoms with van der Waals surface area (Å²) in [6.45, 7) is 2.50. The second-order valence-corrected chi connectivity index (χ2v) is 6.80. The number of benzene rings is 1. The highest BCUT2D eigenvalue weighted by Crippen LogP contribution is 2.25. The van der Waals surface area contributed by atoms with Crippen LogP contribution in [0.1, 0.15) is 16.3 Å². The Morgan fingerprint density at radius 1 is 1.33 bits per heavy atom. The lowest BCUT2D eigenvalue weighted by atomic mass is 10.0. The van der Waals surface area contributed by atoms with Crippen molar-refractivity contribution < 1.29 is 4.79 Å². The Hall–Kier alpha value is -2.18. The minimum Gasteiger partial charge on any atom is -0.355 e. The van der Waals surface area contributed by atoms with Gasteiger partial charge in [0.05, 0.1) is 17.1 Å². The lowest BCUT2D eigenvalue weighted by Crippen LogP contribution is -2.27. The van der Waals surface area contributed by atoms with Gasteiger partial charge < -0.3 is 5.32 Å². The Bertz CT molecular complexity index is 812. The predicted molar refractivity (Wildman–Crippen MR) is 96.3 cm³/mol. The Morgan fingerprint density at radius 2 is 2.12 bits per heavy atom. The van der Waals surface area contributed by atoms with Gasteiger partial charge in [-0.15, -0.1) is 11.3 Å². The Morgan fingerprint density at radius 3 is 2.83 bits per heavy atom. The monoisotopic (exact) mass is 360 g/mol. The van der Waals surface area contributed by atoms with Crippen molar-refractivity contribution in [3.05, 3.63) is 57.1 Å². The summed E-state index contributed by atoms with van der Waals surface area (Å²) in [6, 6.07) is 7.45. The maximum absolute atomic E-state index is 12.2. The maximum atomic E-state index is 12.2. The Kier molecular flexibility index (Phi) is 5.27. The Balaban J connectivity index is 1.65. The quantitative estimate of drug-likeness (QED) is 0.707. The van der Waals surface area contributed by atoms with Crippen LogP contribution in [0.3, 0.4) is 0 Å². The molecule has 0 radical (unpaired) electrons. The topological polar surface area (TPSA) is 70.7 Å². The molecule has 0 aliphatic rings. The lowest BCUT2D eigenvalue weighted by Gasteiger charge is -2.06. The van der Waals surface area contributed by atoms with E-state index >= 15 is 0 Å². The van der Waals surface area contributed by atoms with Gasteiger partial charge in [0.25, 0.3) is 0 Å². The molecule has 1 amide bonds. The van der Waals surface area contributed by atoms with Crippen molar-refractivity contribution in [2.45, 2.75) is 19.8 Å². The molecule has 24 heavy (non-hydrogen) atoms. The van der Waals surface area contributed by atoms with Gasteiger partial charge in [-0.3, -0.25) is 9.89 Å². The summed E-state index contributed by atoms with van der Waals surface area (Å²) in [7, 11) is 0. The molecule has 7 heteroatoms. The van der Waals surface area contributed by atoms with Crippen LogP contribution in [0.4, 0.5) is 0 Å². The van der Waals surface area contributed by atoms with Crippen molar-refractivity contribution in [3.63, 3.8) is 0 Å². The summed E-state index contributed by atoms with van der Waals surface area (Å²) in [4.78, 5) is 16.4. The SMILES string of the molecule is Cc1[nH]nc(-c2ccc(Cl)cc2)c1CC(=O)NCCc1nccs1. The number of carbonyl (C=O) groups is 1. The molecule has 0 unspecified atom stereocenters. The first kappa shape index (κ1) is 16.7. The van der Waals surface area contributed by atoms with Gasteiger partial charge in [-0.25, -0.2) is 4.98 Å². The summed E-state index contributed by atoms with van der Waals surface area (Å²) >= 11 is 7.53. The lowest BCUT2D eigenvalue weighted by molar-refractivity contribution is -0.120. The summed E-state index contributed by atoms with van der Waals surface area (Å²) in [5.74, 6) is -0.0220. The molecule has 124 valence electrons. The molecular weight excluding hydrogens is 344 g/mol. The third-order valence-corrected chi connectivity index (χ3v) is 4.76. The number of aromatic nitrogens is 3. The first-order chi connectivity index (χ1) is 11.6. The molecule has 2 aromatic heterocycles. The van der Waals surface area contributed by atoms with Crippen LogP contribution in [0.25, 0.3) is 11.3 Å². The van der Waals surface area contributed by atoms with Crippen LogP contribution in [0, 0.1) is 6.92 Å². The molecule has 0 atom stereocenters. The van der Waals surface area contributed by atoms with Crippen molar-refractivity contribution in [2.24, 2.45) is 0 Å². The van der Waals surface area contributed by atoms with Crippen molar-refractivity contribution in [2.75, 3.05) is 6.54 Å². The molecule has 0 spiro atoms. The molecule has 3 aromatic rings. The number of halogens is 1. The largest absolute Gasteiger partial charge is 0.355 e. The molecule has 0 bridgehead atoms. The van der Waals surface area contributed by atoms with Gasteiger partial charge in [-0.05, 0) is 19.1 Å². The second kappa shape index (κ2) is 7.59. The minimum atomic E-state index is -0.0220. The summed E-state index contributed by atoms with van der Waals surface area (Å²) in [5.41, 5.74) is 3.53. The van der Waals surface area contributed by atoms with E-state index in [4.69, 9.17) is 11.6 Å². The molecule has 5 nitrogen and oxygen atoms in total. The molecular formula is C17H17ClN4OS. The van der Waals surface area contributed by atoms with Crippen molar-refractivity contribution in [3.8, 4) is 11.3 Å². The average molecular weight is 361 g/mol. The maximum Gasteiger partial charge on any atom is 0.224 e. The van der Waals surface area contributed by atoms with E-state index in [0.717, 1.165) is 33.9 Å². The van der Waals surface area contributed by atoms with Gasteiger partial charge in [0.2, 0.25) is 5.91 Å². The number of rotatable bonds is 6. The van der Waals surface area contributed by atoms with E-state index in [2.05, 4.69) is 20.5 Å². The number of carbonyl (C=O) groups excluding carboxylic acids is 1. The van der Waals surface area contributed by atoms with E-state index in [9.17, 15) is 4.79 Å². The first-order valence-corrected chi connectivity index (χ1v) is 8.84. The highest BCUT2D eigenvalue weighted by Gasteiger charge is 2.15. The number of nitrogens with zero attached hydrogens (tertiary/aromatic N) is 2. The van der Waals surface area contributed by atoms with Gasteiger partial charge in [-0.2, -0.15) is 5.10 Å². The number of aryl methyl sites for hydroxylation is 1. The predicted octanol–water partition coefficient (Wildman–Crippen LogP) is 3.40. The Labute approximate surface area is 149 Å². The van der Waals surface area contributed by atoms with E-state index in [1.165, 1.54) is 0 Å². The molecule has 0 fully saturated rings.